The van der Waals surface area contributed by atoms with Gasteiger partial charge in [-0.1, -0.05) is 0 Å². The van der Waals surface area contributed by atoms with Crippen LogP contribution in [-0.4, -0.2) is 48.3 Å². The van der Waals surface area contributed by atoms with Gasteiger partial charge in [0, 0.05) is 7.05 Å². The molecule has 18 heavy (non-hydrogen) atoms. The van der Waals surface area contributed by atoms with E-state index >= 15 is 0 Å². The quantitative estimate of drug-likeness (QED) is 0.545. The van der Waals surface area contributed by atoms with Crippen LogP contribution in [0, 0.1) is 0 Å². The Morgan fingerprint density at radius 3 is 2.61 bits per heavy atom. The topological polar surface area (TPSA) is 130 Å². The van der Waals surface area contributed by atoms with Gasteiger partial charge >= 0.3 is 5.97 Å². The van der Waals surface area contributed by atoms with Crippen molar-refractivity contribution in [1.29, 1.82) is 0 Å². The van der Waals surface area contributed by atoms with Gasteiger partial charge in [-0.2, -0.15) is 5.10 Å². The summed E-state index contributed by atoms with van der Waals surface area (Å²) < 4.78 is 26.5. The molecule has 100 valence electrons. The summed E-state index contributed by atoms with van der Waals surface area (Å²) in [7, 11) is -2.40. The summed E-state index contributed by atoms with van der Waals surface area (Å²) >= 11 is 0. The molecule has 1 aromatic rings. The maximum Gasteiger partial charge on any atom is 0.322 e. The first-order valence-corrected chi connectivity index (χ1v) is 6.27. The number of aliphatic carboxylic acids is 1. The van der Waals surface area contributed by atoms with Gasteiger partial charge in [0.15, 0.2) is 5.03 Å². The molecule has 3 N–H and O–H groups in total. The van der Waals surface area contributed by atoms with Gasteiger partial charge in [-0.25, -0.2) is 13.1 Å². The Morgan fingerprint density at radius 1 is 1.44 bits per heavy atom. The molecule has 0 aliphatic rings. The van der Waals surface area contributed by atoms with Crippen molar-refractivity contribution in [3.63, 3.8) is 0 Å². The maximum absolute atomic E-state index is 11.7. The molecule has 0 bridgehead atoms. The zero-order valence-electron chi connectivity index (χ0n) is 9.45. The van der Waals surface area contributed by atoms with Crippen LogP contribution in [0.25, 0.3) is 0 Å². The molecule has 0 atom stereocenters. The highest BCUT2D eigenvalue weighted by Crippen LogP contribution is 2.04. The van der Waals surface area contributed by atoms with E-state index in [-0.39, 0.29) is 5.03 Å². The molecule has 1 amide bonds. The Hall–Kier alpha value is -1.94. The molecule has 1 heterocycles. The van der Waals surface area contributed by atoms with Crippen LogP contribution in [0.15, 0.2) is 17.3 Å². The number of nitrogens with one attached hydrogen (secondary N) is 2. The number of carbonyl (C=O) groups excluding carboxylic acids is 1. The zero-order chi connectivity index (χ0) is 13.8. The van der Waals surface area contributed by atoms with Gasteiger partial charge in [-0.05, 0) is 6.07 Å². The van der Waals surface area contributed by atoms with E-state index in [0.717, 1.165) is 4.68 Å². The fourth-order valence-corrected chi connectivity index (χ4v) is 2.20. The van der Waals surface area contributed by atoms with Crippen molar-refractivity contribution >= 4 is 21.9 Å². The molecule has 9 nitrogen and oxygen atoms in total. The number of amides is 1. The smallest absolute Gasteiger partial charge is 0.322 e. The molecule has 0 saturated carbocycles. The Balaban J connectivity index is 2.56. The number of sulfonamides is 1. The van der Waals surface area contributed by atoms with Crippen molar-refractivity contribution in [2.75, 3.05) is 13.1 Å². The van der Waals surface area contributed by atoms with E-state index in [1.54, 1.807) is 0 Å². The molecule has 1 aromatic heterocycles. The van der Waals surface area contributed by atoms with Gasteiger partial charge in [-0.3, -0.25) is 14.3 Å². The van der Waals surface area contributed by atoms with E-state index in [0.29, 0.717) is 0 Å². The molecule has 0 unspecified atom stereocenters. The number of carboxylic acids is 1. The van der Waals surface area contributed by atoms with Crippen molar-refractivity contribution in [2.45, 2.75) is 5.03 Å². The summed E-state index contributed by atoms with van der Waals surface area (Å²) in [4.78, 5) is 21.3. The SMILES string of the molecule is Cn1nccc1S(=O)(=O)NCC(=O)NCC(=O)O. The number of hydrogen-bond acceptors (Lipinski definition) is 5. The van der Waals surface area contributed by atoms with Gasteiger partial charge in [0.1, 0.15) is 6.54 Å². The first-order valence-electron chi connectivity index (χ1n) is 4.79. The van der Waals surface area contributed by atoms with Gasteiger partial charge in [0.05, 0.1) is 12.7 Å². The Morgan fingerprint density at radius 2 is 2.11 bits per heavy atom. The van der Waals surface area contributed by atoms with Gasteiger partial charge in [0.25, 0.3) is 10.0 Å². The van der Waals surface area contributed by atoms with Crippen LogP contribution in [0.2, 0.25) is 0 Å². The predicted molar refractivity (Wildman–Crippen MR) is 59.0 cm³/mol. The Bertz CT molecular complexity index is 550. The predicted octanol–water partition coefficient (Wildman–Crippen LogP) is -2.10. The second-order valence-corrected chi connectivity index (χ2v) is 5.00. The van der Waals surface area contributed by atoms with Crippen molar-refractivity contribution in [3.05, 3.63) is 12.3 Å². The molecule has 0 aliphatic heterocycles. The first-order chi connectivity index (χ1) is 8.33. The van der Waals surface area contributed by atoms with Crippen molar-refractivity contribution in [3.8, 4) is 0 Å². The number of carboxylic acid groups (broad SMARTS) is 1. The second-order valence-electron chi connectivity index (χ2n) is 3.29. The lowest BCUT2D eigenvalue weighted by Gasteiger charge is -2.06. The normalized spacial score (nSPS) is 11.2. The number of nitrogens with zero attached hydrogens (tertiary/aromatic N) is 2. The fraction of sp³-hybridized carbons (Fsp3) is 0.375. The number of aromatic nitrogens is 2. The van der Waals surface area contributed by atoms with E-state index in [2.05, 4.69) is 5.10 Å². The lowest BCUT2D eigenvalue weighted by Crippen LogP contribution is -2.39. The first kappa shape index (κ1) is 14.1. The molecule has 0 radical (unpaired) electrons. The van der Waals surface area contributed by atoms with Gasteiger partial charge in [-0.15, -0.1) is 0 Å². The number of aryl methyl sites for hydroxylation is 1. The Labute approximate surface area is 103 Å². The molecule has 0 saturated heterocycles. The highest BCUT2D eigenvalue weighted by Gasteiger charge is 2.18. The Kier molecular flexibility index (Phi) is 4.39. The fourth-order valence-electron chi connectivity index (χ4n) is 1.10. The highest BCUT2D eigenvalue weighted by atomic mass is 32.2. The van der Waals surface area contributed by atoms with Crippen molar-refractivity contribution in [2.24, 2.45) is 7.05 Å². The van der Waals surface area contributed by atoms with Crippen LogP contribution in [0.3, 0.4) is 0 Å². The minimum Gasteiger partial charge on any atom is -0.480 e. The molecule has 0 aliphatic carbocycles. The van der Waals surface area contributed by atoms with E-state index in [1.165, 1.54) is 19.3 Å². The van der Waals surface area contributed by atoms with Crippen LogP contribution >= 0.6 is 0 Å². The largest absolute Gasteiger partial charge is 0.480 e. The third kappa shape index (κ3) is 3.82. The standard InChI is InChI=1S/C8H12N4O5S/c1-12-7(2-3-10-12)18(16,17)11-4-6(13)9-5-8(14)15/h2-3,11H,4-5H2,1H3,(H,9,13)(H,14,15). The summed E-state index contributed by atoms with van der Waals surface area (Å²) in [6.07, 6.45) is 1.30. The highest BCUT2D eigenvalue weighted by molar-refractivity contribution is 7.89. The van der Waals surface area contributed by atoms with Crippen LogP contribution < -0.4 is 10.0 Å². The average molecular weight is 276 g/mol. The van der Waals surface area contributed by atoms with E-state index in [4.69, 9.17) is 5.11 Å². The second kappa shape index (κ2) is 5.60. The number of hydrogen-bond donors (Lipinski definition) is 3. The lowest BCUT2D eigenvalue weighted by atomic mass is 10.5. The van der Waals surface area contributed by atoms with E-state index in [1.807, 2.05) is 10.0 Å². The van der Waals surface area contributed by atoms with E-state index in [9.17, 15) is 18.0 Å². The third-order valence-corrected chi connectivity index (χ3v) is 3.39. The molecule has 1 rings (SSSR count). The summed E-state index contributed by atoms with van der Waals surface area (Å²) in [6.45, 7) is -1.10. The van der Waals surface area contributed by atoms with Crippen molar-refractivity contribution in [1.82, 2.24) is 19.8 Å². The molecule has 0 spiro atoms. The summed E-state index contributed by atoms with van der Waals surface area (Å²) in [5, 5.41) is 13.9. The van der Waals surface area contributed by atoms with Crippen LogP contribution in [0.1, 0.15) is 0 Å². The average Bonchev–Trinajstić information content (AvgIpc) is 2.71. The zero-order valence-corrected chi connectivity index (χ0v) is 10.3. The molecular formula is C8H12N4O5S. The van der Waals surface area contributed by atoms with Gasteiger partial charge in [0.2, 0.25) is 5.91 Å². The maximum atomic E-state index is 11.7. The van der Waals surface area contributed by atoms with Crippen LogP contribution in [0.4, 0.5) is 0 Å². The minimum absolute atomic E-state index is 0.0893. The number of carbonyl (C=O) groups is 2. The molecule has 0 aromatic carbocycles. The van der Waals surface area contributed by atoms with Crippen LogP contribution in [0.5, 0.6) is 0 Å². The third-order valence-electron chi connectivity index (χ3n) is 1.91. The summed E-state index contributed by atoms with van der Waals surface area (Å²) in [6, 6.07) is 1.28. The molecular weight excluding hydrogens is 264 g/mol. The summed E-state index contributed by atoms with van der Waals surface area (Å²) in [5.74, 6) is -1.94. The van der Waals surface area contributed by atoms with Gasteiger partial charge < -0.3 is 10.4 Å². The lowest BCUT2D eigenvalue weighted by molar-refractivity contribution is -0.137. The van der Waals surface area contributed by atoms with Crippen LogP contribution in [-0.2, 0) is 26.7 Å². The number of rotatable bonds is 6. The van der Waals surface area contributed by atoms with E-state index < -0.39 is 35.0 Å². The summed E-state index contributed by atoms with van der Waals surface area (Å²) in [5.41, 5.74) is 0. The monoisotopic (exact) mass is 276 g/mol. The minimum atomic E-state index is -3.84. The van der Waals surface area contributed by atoms with Crippen molar-refractivity contribution < 1.29 is 23.1 Å². The molecule has 10 heteroatoms. The molecule has 0 fully saturated rings.